The van der Waals surface area contributed by atoms with E-state index in [0.717, 1.165) is 6.07 Å². The van der Waals surface area contributed by atoms with Crippen molar-refractivity contribution in [1.82, 2.24) is 4.98 Å². The van der Waals surface area contributed by atoms with Gasteiger partial charge in [0.25, 0.3) is 0 Å². The molecule has 5 nitrogen and oxygen atoms in total. The van der Waals surface area contributed by atoms with E-state index in [9.17, 15) is 9.18 Å². The van der Waals surface area contributed by atoms with E-state index in [1.165, 1.54) is 26.4 Å². The molecule has 1 heterocycles. The summed E-state index contributed by atoms with van der Waals surface area (Å²) in [5.41, 5.74) is 0.662. The number of hydrogen-bond acceptors (Lipinski definition) is 5. The summed E-state index contributed by atoms with van der Waals surface area (Å²) >= 11 is 5.93. The first kappa shape index (κ1) is 14.5. The number of halogens is 2. The van der Waals surface area contributed by atoms with Gasteiger partial charge in [0.2, 0.25) is 11.7 Å². The van der Waals surface area contributed by atoms with Crippen LogP contribution in [0.15, 0.2) is 22.6 Å². The molecule has 0 saturated heterocycles. The fraction of sp³-hybridized carbons (Fsp3) is 0.231. The van der Waals surface area contributed by atoms with Crippen molar-refractivity contribution in [2.24, 2.45) is 0 Å². The minimum Gasteiger partial charge on any atom is -0.463 e. The van der Waals surface area contributed by atoms with Gasteiger partial charge in [0, 0.05) is 7.11 Å². The highest BCUT2D eigenvalue weighted by Gasteiger charge is 2.22. The predicted octanol–water partition coefficient (Wildman–Crippen LogP) is 3.07. The number of esters is 1. The summed E-state index contributed by atoms with van der Waals surface area (Å²) in [6, 6.07) is 3.77. The Morgan fingerprint density at radius 1 is 1.45 bits per heavy atom. The highest BCUT2D eigenvalue weighted by molar-refractivity contribution is 6.33. The minimum atomic E-state index is -0.672. The molecule has 2 aromatic rings. The first-order valence-corrected chi connectivity index (χ1v) is 5.97. The number of nitrogens with zero attached hydrogens (tertiary/aromatic N) is 1. The fourth-order valence-electron chi connectivity index (χ4n) is 1.62. The molecule has 1 aromatic carbocycles. The molecule has 0 amide bonds. The Hall–Kier alpha value is -1.92. The van der Waals surface area contributed by atoms with Crippen molar-refractivity contribution in [1.29, 1.82) is 0 Å². The van der Waals surface area contributed by atoms with Crippen LogP contribution in [0.25, 0.3) is 11.5 Å². The Morgan fingerprint density at radius 2 is 2.20 bits per heavy atom. The standard InChI is InChI=1S/C13H11ClFNO4/c1-18-6-10-11(13(17)19-2)20-12(16-10)8-4-3-7(15)5-9(8)14/h3-5H,6H2,1-2H3. The molecule has 0 aliphatic rings. The third-order valence-electron chi connectivity index (χ3n) is 2.51. The van der Waals surface area contributed by atoms with E-state index in [1.54, 1.807) is 0 Å². The molecular weight excluding hydrogens is 289 g/mol. The van der Waals surface area contributed by atoms with Crippen molar-refractivity contribution in [3.63, 3.8) is 0 Å². The smallest absolute Gasteiger partial charge is 0.376 e. The average Bonchev–Trinajstić information content (AvgIpc) is 2.82. The summed E-state index contributed by atoms with van der Waals surface area (Å²) in [7, 11) is 2.69. The normalized spacial score (nSPS) is 10.6. The van der Waals surface area contributed by atoms with Crippen molar-refractivity contribution in [3.05, 3.63) is 40.5 Å². The van der Waals surface area contributed by atoms with Gasteiger partial charge in [-0.25, -0.2) is 14.2 Å². The molecule has 106 valence electrons. The highest BCUT2D eigenvalue weighted by Crippen LogP contribution is 2.30. The van der Waals surface area contributed by atoms with Crippen LogP contribution in [0.3, 0.4) is 0 Å². The summed E-state index contributed by atoms with van der Waals surface area (Å²) in [6.45, 7) is 0.0761. The molecule has 0 aliphatic carbocycles. The summed E-state index contributed by atoms with van der Waals surface area (Å²) < 4.78 is 27.9. The number of oxazole rings is 1. The van der Waals surface area contributed by atoms with Gasteiger partial charge in [0.15, 0.2) is 0 Å². The minimum absolute atomic E-state index is 0.0651. The Balaban J connectivity index is 2.49. The summed E-state index contributed by atoms with van der Waals surface area (Å²) in [5.74, 6) is -1.11. The van der Waals surface area contributed by atoms with Gasteiger partial charge < -0.3 is 13.9 Å². The predicted molar refractivity (Wildman–Crippen MR) is 69.0 cm³/mol. The second-order valence-electron chi connectivity index (χ2n) is 3.84. The van der Waals surface area contributed by atoms with Crippen LogP contribution in [0.5, 0.6) is 0 Å². The zero-order valence-electron chi connectivity index (χ0n) is 10.8. The van der Waals surface area contributed by atoms with Crippen LogP contribution < -0.4 is 0 Å². The molecule has 20 heavy (non-hydrogen) atoms. The lowest BCUT2D eigenvalue weighted by atomic mass is 10.2. The second-order valence-corrected chi connectivity index (χ2v) is 4.25. The molecule has 7 heteroatoms. The van der Waals surface area contributed by atoms with E-state index in [0.29, 0.717) is 5.56 Å². The zero-order valence-corrected chi connectivity index (χ0v) is 11.5. The van der Waals surface area contributed by atoms with Crippen LogP contribution in [0.1, 0.15) is 16.2 Å². The van der Waals surface area contributed by atoms with Crippen LogP contribution in [-0.4, -0.2) is 25.2 Å². The van der Waals surface area contributed by atoms with Crippen molar-refractivity contribution in [2.45, 2.75) is 6.61 Å². The number of carbonyl (C=O) groups is 1. The second kappa shape index (κ2) is 6.02. The Bertz CT molecular complexity index is 641. The number of carbonyl (C=O) groups excluding carboxylic acids is 1. The van der Waals surface area contributed by atoms with Gasteiger partial charge in [-0.05, 0) is 18.2 Å². The van der Waals surface area contributed by atoms with Crippen LogP contribution >= 0.6 is 11.6 Å². The molecule has 2 rings (SSSR count). The molecular formula is C13H11ClFNO4. The molecule has 0 aliphatic heterocycles. The first-order valence-electron chi connectivity index (χ1n) is 5.59. The van der Waals surface area contributed by atoms with Gasteiger partial charge in [-0.2, -0.15) is 0 Å². The van der Waals surface area contributed by atoms with Crippen molar-refractivity contribution in [3.8, 4) is 11.5 Å². The maximum Gasteiger partial charge on any atom is 0.376 e. The Kier molecular flexibility index (Phi) is 4.36. The number of aromatic nitrogens is 1. The molecule has 0 N–H and O–H groups in total. The molecule has 0 unspecified atom stereocenters. The lowest BCUT2D eigenvalue weighted by Crippen LogP contribution is -2.04. The highest BCUT2D eigenvalue weighted by atomic mass is 35.5. The summed E-state index contributed by atoms with van der Waals surface area (Å²) in [5, 5.41) is 0.131. The third-order valence-corrected chi connectivity index (χ3v) is 2.82. The average molecular weight is 300 g/mol. The van der Waals surface area contributed by atoms with E-state index in [-0.39, 0.29) is 29.0 Å². The van der Waals surface area contributed by atoms with Gasteiger partial charge in [0.1, 0.15) is 11.5 Å². The molecule has 0 saturated carbocycles. The molecule has 0 spiro atoms. The third kappa shape index (κ3) is 2.81. The van der Waals surface area contributed by atoms with Crippen LogP contribution in [0, 0.1) is 5.82 Å². The molecule has 0 bridgehead atoms. The van der Waals surface area contributed by atoms with E-state index in [2.05, 4.69) is 9.72 Å². The van der Waals surface area contributed by atoms with Gasteiger partial charge >= 0.3 is 5.97 Å². The first-order chi connectivity index (χ1) is 9.56. The van der Waals surface area contributed by atoms with E-state index >= 15 is 0 Å². The van der Waals surface area contributed by atoms with Crippen molar-refractivity contribution < 1.29 is 23.1 Å². The molecule has 1 aromatic heterocycles. The quantitative estimate of drug-likeness (QED) is 0.812. The number of rotatable bonds is 4. The molecule has 0 fully saturated rings. The lowest BCUT2D eigenvalue weighted by molar-refractivity contribution is 0.0559. The van der Waals surface area contributed by atoms with E-state index in [4.69, 9.17) is 20.8 Å². The number of hydrogen-bond donors (Lipinski definition) is 0. The van der Waals surface area contributed by atoms with E-state index < -0.39 is 11.8 Å². The maximum absolute atomic E-state index is 13.0. The molecule has 0 atom stereocenters. The summed E-state index contributed by atoms with van der Waals surface area (Å²) in [4.78, 5) is 15.7. The van der Waals surface area contributed by atoms with Gasteiger partial charge in [-0.1, -0.05) is 11.6 Å². The van der Waals surface area contributed by atoms with Crippen LogP contribution in [-0.2, 0) is 16.1 Å². The monoisotopic (exact) mass is 299 g/mol. The SMILES string of the molecule is COCc1nc(-c2ccc(F)cc2Cl)oc1C(=O)OC. The zero-order chi connectivity index (χ0) is 14.7. The van der Waals surface area contributed by atoms with Gasteiger partial charge in [0.05, 0.1) is 24.3 Å². The summed E-state index contributed by atoms with van der Waals surface area (Å²) in [6.07, 6.45) is 0. The maximum atomic E-state index is 13.0. The van der Waals surface area contributed by atoms with Crippen LogP contribution in [0.2, 0.25) is 5.02 Å². The molecule has 0 radical (unpaired) electrons. The Morgan fingerprint density at radius 3 is 2.80 bits per heavy atom. The van der Waals surface area contributed by atoms with Crippen molar-refractivity contribution >= 4 is 17.6 Å². The van der Waals surface area contributed by atoms with E-state index in [1.807, 2.05) is 0 Å². The Labute approximate surface area is 119 Å². The number of methoxy groups -OCH3 is 2. The van der Waals surface area contributed by atoms with Gasteiger partial charge in [-0.15, -0.1) is 0 Å². The fourth-order valence-corrected chi connectivity index (χ4v) is 1.86. The lowest BCUT2D eigenvalue weighted by Gasteiger charge is -1.99. The topological polar surface area (TPSA) is 61.6 Å². The number of ether oxygens (including phenoxy) is 2. The van der Waals surface area contributed by atoms with Crippen molar-refractivity contribution in [2.75, 3.05) is 14.2 Å². The van der Waals surface area contributed by atoms with Gasteiger partial charge in [-0.3, -0.25) is 0 Å². The largest absolute Gasteiger partial charge is 0.463 e. The van der Waals surface area contributed by atoms with Crippen LogP contribution in [0.4, 0.5) is 4.39 Å². The number of benzene rings is 1.